The summed E-state index contributed by atoms with van der Waals surface area (Å²) in [5, 5.41) is 17.3. The number of halogens is 3. The van der Waals surface area contributed by atoms with Crippen LogP contribution in [0.1, 0.15) is 15.9 Å². The third-order valence-corrected chi connectivity index (χ3v) is 2.53. The lowest BCUT2D eigenvalue weighted by atomic mass is 10.1. The summed E-state index contributed by atoms with van der Waals surface area (Å²) < 4.78 is 38.6. The van der Waals surface area contributed by atoms with E-state index in [1.54, 1.807) is 0 Å². The first-order valence-corrected chi connectivity index (χ1v) is 6.07. The van der Waals surface area contributed by atoms with Gasteiger partial charge in [0.2, 0.25) is 0 Å². The highest BCUT2D eigenvalue weighted by molar-refractivity contribution is 5.94. The molecule has 1 amide bonds. The number of aliphatic hydroxyl groups is 2. The molecule has 0 atom stereocenters. The van der Waals surface area contributed by atoms with Crippen LogP contribution in [-0.4, -0.2) is 53.7 Å². The molecule has 0 aliphatic rings. The van der Waals surface area contributed by atoms with Crippen molar-refractivity contribution < 1.29 is 28.2 Å². The van der Waals surface area contributed by atoms with Gasteiger partial charge in [0.1, 0.15) is 12.4 Å². The molecule has 2 N–H and O–H groups in total. The molecule has 0 fully saturated rings. The molecule has 0 bridgehead atoms. The van der Waals surface area contributed by atoms with Gasteiger partial charge in [-0.1, -0.05) is 11.8 Å². The number of hydrogen-bond donors (Lipinski definition) is 2. The minimum Gasteiger partial charge on any atom is -0.395 e. The molecular formula is C14H14F3NO3. The van der Waals surface area contributed by atoms with Crippen molar-refractivity contribution in [2.24, 2.45) is 0 Å². The molecule has 0 unspecified atom stereocenters. The first-order valence-electron chi connectivity index (χ1n) is 6.07. The van der Waals surface area contributed by atoms with Crippen LogP contribution in [0.25, 0.3) is 0 Å². The lowest BCUT2D eigenvalue weighted by molar-refractivity contribution is 0.0505. The van der Waals surface area contributed by atoms with Gasteiger partial charge in [-0.25, -0.2) is 13.2 Å². The molecule has 0 saturated heterocycles. The predicted molar refractivity (Wildman–Crippen MR) is 69.4 cm³/mol. The smallest absolute Gasteiger partial charge is 0.257 e. The topological polar surface area (TPSA) is 60.8 Å². The number of rotatable bonds is 5. The van der Waals surface area contributed by atoms with Crippen molar-refractivity contribution in [1.82, 2.24) is 4.90 Å². The zero-order valence-electron chi connectivity index (χ0n) is 11.0. The third kappa shape index (κ3) is 5.10. The highest BCUT2D eigenvalue weighted by Gasteiger charge is 2.22. The normalized spacial score (nSPS) is 10.2. The van der Waals surface area contributed by atoms with Crippen LogP contribution in [0.15, 0.2) is 18.2 Å². The van der Waals surface area contributed by atoms with Gasteiger partial charge < -0.3 is 15.1 Å². The van der Waals surface area contributed by atoms with Crippen molar-refractivity contribution in [2.75, 3.05) is 26.3 Å². The van der Waals surface area contributed by atoms with Crippen molar-refractivity contribution in [3.63, 3.8) is 0 Å². The Kier molecular flexibility index (Phi) is 6.72. The zero-order valence-corrected chi connectivity index (χ0v) is 11.0. The summed E-state index contributed by atoms with van der Waals surface area (Å²) in [5.74, 6) is 2.96. The average molecular weight is 301 g/mol. The Morgan fingerprint density at radius 1 is 1.33 bits per heavy atom. The number of carbonyl (C=O) groups excluding carboxylic acids is 1. The monoisotopic (exact) mass is 301 g/mol. The Morgan fingerprint density at radius 3 is 2.57 bits per heavy atom. The van der Waals surface area contributed by atoms with Gasteiger partial charge in [0.25, 0.3) is 12.3 Å². The molecule has 0 radical (unpaired) electrons. The number of alkyl halides is 2. The summed E-state index contributed by atoms with van der Waals surface area (Å²) in [4.78, 5) is 12.7. The molecular weight excluding hydrogens is 287 g/mol. The number of carbonyl (C=O) groups is 1. The van der Waals surface area contributed by atoms with Crippen LogP contribution in [0.2, 0.25) is 0 Å². The fourth-order valence-electron chi connectivity index (χ4n) is 1.64. The molecule has 0 aliphatic carbocycles. The molecule has 4 nitrogen and oxygen atoms in total. The van der Waals surface area contributed by atoms with Crippen LogP contribution in [0, 0.1) is 17.7 Å². The molecule has 0 heterocycles. The van der Waals surface area contributed by atoms with E-state index in [0.717, 1.165) is 12.1 Å². The minimum absolute atomic E-state index is 0.251. The summed E-state index contributed by atoms with van der Waals surface area (Å²) in [5.41, 5.74) is -0.126. The second-order valence-electron chi connectivity index (χ2n) is 4.02. The van der Waals surface area contributed by atoms with Crippen molar-refractivity contribution in [3.05, 3.63) is 35.1 Å². The predicted octanol–water partition coefficient (Wildman–Crippen LogP) is 0.869. The highest BCUT2D eigenvalue weighted by Crippen LogP contribution is 2.13. The van der Waals surface area contributed by atoms with E-state index in [0.29, 0.717) is 4.90 Å². The van der Waals surface area contributed by atoms with E-state index in [4.69, 9.17) is 10.2 Å². The molecule has 0 aromatic heterocycles. The summed E-state index contributed by atoms with van der Waals surface area (Å²) >= 11 is 0. The van der Waals surface area contributed by atoms with Gasteiger partial charge in [-0.2, -0.15) is 0 Å². The van der Waals surface area contributed by atoms with E-state index in [1.807, 2.05) is 0 Å². The van der Waals surface area contributed by atoms with Crippen molar-refractivity contribution in [2.45, 2.75) is 6.43 Å². The van der Waals surface area contributed by atoms with Gasteiger partial charge in [-0.3, -0.25) is 4.79 Å². The molecule has 0 spiro atoms. The van der Waals surface area contributed by atoms with Gasteiger partial charge >= 0.3 is 0 Å². The highest BCUT2D eigenvalue weighted by atomic mass is 19.3. The maximum Gasteiger partial charge on any atom is 0.257 e. The summed E-state index contributed by atoms with van der Waals surface area (Å²) in [6.45, 7) is -2.08. The van der Waals surface area contributed by atoms with Crippen LogP contribution in [0.4, 0.5) is 13.2 Å². The number of nitrogens with zero attached hydrogens (tertiary/aromatic N) is 1. The van der Waals surface area contributed by atoms with Gasteiger partial charge in [0, 0.05) is 12.1 Å². The molecule has 7 heteroatoms. The Balaban J connectivity index is 2.99. The third-order valence-electron chi connectivity index (χ3n) is 2.53. The molecule has 1 rings (SSSR count). The SMILES string of the molecule is O=C(c1ccc(C#CCO)cc1F)N(CCO)CC(F)F. The van der Waals surface area contributed by atoms with Gasteiger partial charge in [-0.15, -0.1) is 0 Å². The van der Waals surface area contributed by atoms with Gasteiger partial charge in [0.05, 0.1) is 18.7 Å². The van der Waals surface area contributed by atoms with E-state index < -0.39 is 31.3 Å². The van der Waals surface area contributed by atoms with E-state index in [-0.39, 0.29) is 24.3 Å². The molecule has 114 valence electrons. The lowest BCUT2D eigenvalue weighted by Gasteiger charge is -2.21. The molecule has 1 aromatic carbocycles. The van der Waals surface area contributed by atoms with Crippen molar-refractivity contribution in [1.29, 1.82) is 0 Å². The second-order valence-corrected chi connectivity index (χ2v) is 4.02. The Morgan fingerprint density at radius 2 is 2.05 bits per heavy atom. The Hall–Kier alpha value is -2.04. The maximum absolute atomic E-state index is 13.8. The van der Waals surface area contributed by atoms with Crippen molar-refractivity contribution >= 4 is 5.91 Å². The Labute approximate surface area is 119 Å². The van der Waals surface area contributed by atoms with E-state index in [9.17, 15) is 18.0 Å². The van der Waals surface area contributed by atoms with Crippen LogP contribution in [0.5, 0.6) is 0 Å². The number of hydrogen-bond acceptors (Lipinski definition) is 3. The fraction of sp³-hybridized carbons (Fsp3) is 0.357. The first-order chi connectivity index (χ1) is 9.99. The van der Waals surface area contributed by atoms with Gasteiger partial charge in [0.15, 0.2) is 0 Å². The molecule has 0 saturated carbocycles. The molecule has 21 heavy (non-hydrogen) atoms. The second kappa shape index (κ2) is 8.29. The summed E-state index contributed by atoms with van der Waals surface area (Å²) in [7, 11) is 0. The number of amides is 1. The van der Waals surface area contributed by atoms with Crippen LogP contribution in [0.3, 0.4) is 0 Å². The fourth-order valence-corrected chi connectivity index (χ4v) is 1.64. The molecule has 1 aromatic rings. The lowest BCUT2D eigenvalue weighted by Crippen LogP contribution is -2.37. The van der Waals surface area contributed by atoms with E-state index >= 15 is 0 Å². The minimum atomic E-state index is -2.78. The number of benzene rings is 1. The molecule has 0 aliphatic heterocycles. The van der Waals surface area contributed by atoms with Crippen LogP contribution < -0.4 is 0 Å². The Bertz CT molecular complexity index is 552. The quantitative estimate of drug-likeness (QED) is 0.793. The summed E-state index contributed by atoms with van der Waals surface area (Å²) in [6, 6.07) is 3.46. The van der Waals surface area contributed by atoms with Crippen molar-refractivity contribution in [3.8, 4) is 11.8 Å². The number of aliphatic hydroxyl groups excluding tert-OH is 2. The van der Waals surface area contributed by atoms with Crippen LogP contribution in [-0.2, 0) is 0 Å². The summed E-state index contributed by atoms with van der Waals surface area (Å²) in [6.07, 6.45) is -2.78. The first kappa shape index (κ1) is 17.0. The largest absolute Gasteiger partial charge is 0.395 e. The van der Waals surface area contributed by atoms with E-state index in [1.165, 1.54) is 6.07 Å². The van der Waals surface area contributed by atoms with Gasteiger partial charge in [-0.05, 0) is 18.2 Å². The van der Waals surface area contributed by atoms with E-state index in [2.05, 4.69) is 11.8 Å². The average Bonchev–Trinajstić information content (AvgIpc) is 2.43. The maximum atomic E-state index is 13.8. The zero-order chi connectivity index (χ0) is 15.8. The standard InChI is InChI=1S/C14H14F3NO3/c15-12-8-10(2-1-6-19)3-4-11(12)14(21)18(5-7-20)9-13(16)17/h3-4,8,13,19-20H,5-7,9H2. The van der Waals surface area contributed by atoms with Crippen LogP contribution >= 0.6 is 0 Å².